The molecule has 0 saturated carbocycles. The maximum atomic E-state index is 14.0. The Labute approximate surface area is 222 Å². The van der Waals surface area contributed by atoms with E-state index in [1.807, 2.05) is 42.5 Å². The van der Waals surface area contributed by atoms with Gasteiger partial charge in [-0.2, -0.15) is 0 Å². The van der Waals surface area contributed by atoms with Gasteiger partial charge in [-0.15, -0.1) is 0 Å². The van der Waals surface area contributed by atoms with Gasteiger partial charge in [0.2, 0.25) is 0 Å². The van der Waals surface area contributed by atoms with Crippen LogP contribution in [0, 0.1) is 0 Å². The van der Waals surface area contributed by atoms with E-state index in [4.69, 9.17) is 21.1 Å². The number of benzene rings is 3. The van der Waals surface area contributed by atoms with Crippen LogP contribution < -0.4 is 19.1 Å². The van der Waals surface area contributed by atoms with E-state index in [9.17, 15) is 8.42 Å². The topological polar surface area (TPSA) is 80.8 Å². The molecule has 0 atom stereocenters. The standard InChI is InChI=1S/C28H28ClN3O4S/c1-35-26-13-12-24(19-27(26)36-2)32(18-17-30-15-4-5-21-8-10-23(29)11-9-21)37(33,34)28-7-3-6-22-20-31-16-14-25(22)28/h3-14,16,19-20,30H,15,17-18H2,1-2H3. The lowest BCUT2D eigenvalue weighted by Crippen LogP contribution is -2.37. The van der Waals surface area contributed by atoms with Gasteiger partial charge in [0.15, 0.2) is 11.5 Å². The van der Waals surface area contributed by atoms with Gasteiger partial charge in [-0.25, -0.2) is 8.42 Å². The molecule has 0 unspecified atom stereocenters. The molecule has 0 aliphatic heterocycles. The van der Waals surface area contributed by atoms with Crippen LogP contribution in [0.25, 0.3) is 16.8 Å². The molecule has 3 aromatic carbocycles. The molecular formula is C28H28ClN3O4S. The fourth-order valence-corrected chi connectivity index (χ4v) is 5.74. The minimum Gasteiger partial charge on any atom is -0.493 e. The van der Waals surface area contributed by atoms with Crippen molar-refractivity contribution < 1.29 is 17.9 Å². The Kier molecular flexibility index (Phi) is 8.66. The van der Waals surface area contributed by atoms with Gasteiger partial charge in [0.1, 0.15) is 0 Å². The van der Waals surface area contributed by atoms with Crippen molar-refractivity contribution in [2.24, 2.45) is 0 Å². The van der Waals surface area contributed by atoms with E-state index in [2.05, 4.69) is 10.3 Å². The SMILES string of the molecule is COc1ccc(N(CCNCC=Cc2ccc(Cl)cc2)S(=O)(=O)c2cccc3cnccc23)cc1OC. The molecule has 4 aromatic rings. The van der Waals surface area contributed by atoms with Crippen LogP contribution in [-0.2, 0) is 10.0 Å². The van der Waals surface area contributed by atoms with Gasteiger partial charge in [0.25, 0.3) is 10.0 Å². The van der Waals surface area contributed by atoms with Crippen LogP contribution in [0.4, 0.5) is 5.69 Å². The van der Waals surface area contributed by atoms with Crippen molar-refractivity contribution in [2.75, 3.05) is 38.2 Å². The predicted octanol–water partition coefficient (Wildman–Crippen LogP) is 5.40. The molecule has 0 spiro atoms. The molecular weight excluding hydrogens is 510 g/mol. The number of fused-ring (bicyclic) bond motifs is 1. The first-order chi connectivity index (χ1) is 17.9. The van der Waals surface area contributed by atoms with Crippen molar-refractivity contribution in [3.8, 4) is 11.5 Å². The number of nitrogens with one attached hydrogen (secondary N) is 1. The molecule has 9 heteroatoms. The van der Waals surface area contributed by atoms with E-state index in [0.717, 1.165) is 10.9 Å². The average molecular weight is 538 g/mol. The Morgan fingerprint density at radius 1 is 1.00 bits per heavy atom. The highest BCUT2D eigenvalue weighted by molar-refractivity contribution is 7.93. The van der Waals surface area contributed by atoms with Crippen molar-refractivity contribution in [2.45, 2.75) is 4.90 Å². The van der Waals surface area contributed by atoms with Crippen molar-refractivity contribution >= 4 is 44.2 Å². The second-order valence-corrected chi connectivity index (χ2v) is 10.4. The highest BCUT2D eigenvalue weighted by Crippen LogP contribution is 2.35. The van der Waals surface area contributed by atoms with Crippen LogP contribution in [-0.4, -0.2) is 47.3 Å². The number of anilines is 1. The molecule has 4 rings (SSSR count). The number of ether oxygens (including phenoxy) is 2. The normalized spacial score (nSPS) is 11.6. The summed E-state index contributed by atoms with van der Waals surface area (Å²) in [6, 6.07) is 19.5. The molecule has 1 aromatic heterocycles. The second-order valence-electron chi connectivity index (χ2n) is 8.13. The number of pyridine rings is 1. The Morgan fingerprint density at radius 3 is 2.54 bits per heavy atom. The lowest BCUT2D eigenvalue weighted by Gasteiger charge is -2.26. The van der Waals surface area contributed by atoms with Crippen LogP contribution in [0.15, 0.2) is 90.1 Å². The van der Waals surface area contributed by atoms with E-state index in [-0.39, 0.29) is 11.4 Å². The number of methoxy groups -OCH3 is 2. The van der Waals surface area contributed by atoms with Gasteiger partial charge >= 0.3 is 0 Å². The van der Waals surface area contributed by atoms with E-state index < -0.39 is 10.0 Å². The average Bonchev–Trinajstić information content (AvgIpc) is 2.92. The summed E-state index contributed by atoms with van der Waals surface area (Å²) >= 11 is 5.94. The van der Waals surface area contributed by atoms with E-state index in [0.29, 0.717) is 40.7 Å². The molecule has 0 aliphatic carbocycles. The number of aromatic nitrogens is 1. The van der Waals surface area contributed by atoms with Gasteiger partial charge in [-0.3, -0.25) is 9.29 Å². The maximum Gasteiger partial charge on any atom is 0.264 e. The van der Waals surface area contributed by atoms with Gasteiger partial charge < -0.3 is 14.8 Å². The fraction of sp³-hybridized carbons (Fsp3) is 0.179. The monoisotopic (exact) mass is 537 g/mol. The third-order valence-corrected chi connectivity index (χ3v) is 7.94. The summed E-state index contributed by atoms with van der Waals surface area (Å²) in [5.74, 6) is 0.964. The third-order valence-electron chi connectivity index (χ3n) is 5.80. The minimum absolute atomic E-state index is 0.202. The summed E-state index contributed by atoms with van der Waals surface area (Å²) < 4.78 is 40.2. The number of hydrogen-bond donors (Lipinski definition) is 1. The van der Waals surface area contributed by atoms with Gasteiger partial charge in [-0.05, 0) is 42.0 Å². The Hall–Kier alpha value is -3.59. The molecule has 1 heterocycles. The number of sulfonamides is 1. The summed E-state index contributed by atoms with van der Waals surface area (Å²) in [6.07, 6.45) is 7.22. The van der Waals surface area contributed by atoms with Crippen LogP contribution in [0.5, 0.6) is 11.5 Å². The molecule has 0 bridgehead atoms. The van der Waals surface area contributed by atoms with Crippen molar-refractivity contribution in [3.63, 3.8) is 0 Å². The van der Waals surface area contributed by atoms with Crippen LogP contribution in [0.1, 0.15) is 5.56 Å². The zero-order valence-corrected chi connectivity index (χ0v) is 22.2. The van der Waals surface area contributed by atoms with Crippen LogP contribution in [0.2, 0.25) is 5.02 Å². The summed E-state index contributed by atoms with van der Waals surface area (Å²) in [4.78, 5) is 4.34. The highest BCUT2D eigenvalue weighted by atomic mass is 35.5. The molecule has 0 aliphatic rings. The number of hydrogen-bond acceptors (Lipinski definition) is 6. The Morgan fingerprint density at radius 2 is 1.78 bits per heavy atom. The largest absolute Gasteiger partial charge is 0.493 e. The molecule has 0 amide bonds. The first-order valence-corrected chi connectivity index (χ1v) is 13.5. The minimum atomic E-state index is -3.93. The Bertz CT molecular complexity index is 1490. The van der Waals surface area contributed by atoms with Crippen LogP contribution in [0.3, 0.4) is 0 Å². The first kappa shape index (κ1) is 26.5. The number of nitrogens with zero attached hydrogens (tertiary/aromatic N) is 2. The lowest BCUT2D eigenvalue weighted by atomic mass is 10.2. The summed E-state index contributed by atoms with van der Waals surface area (Å²) in [5.41, 5.74) is 1.51. The van der Waals surface area contributed by atoms with E-state index in [1.54, 1.807) is 48.8 Å². The zero-order chi connectivity index (χ0) is 26.3. The number of halogens is 1. The maximum absolute atomic E-state index is 14.0. The number of rotatable bonds is 11. The molecule has 0 fully saturated rings. The predicted molar refractivity (Wildman–Crippen MR) is 149 cm³/mol. The second kappa shape index (κ2) is 12.1. The van der Waals surface area contributed by atoms with Gasteiger partial charge in [0.05, 0.1) is 24.8 Å². The van der Waals surface area contributed by atoms with Crippen molar-refractivity contribution in [1.29, 1.82) is 0 Å². The van der Waals surface area contributed by atoms with Gasteiger partial charge in [-0.1, -0.05) is 48.0 Å². The highest BCUT2D eigenvalue weighted by Gasteiger charge is 2.27. The lowest BCUT2D eigenvalue weighted by molar-refractivity contribution is 0.355. The molecule has 192 valence electrons. The molecule has 7 nitrogen and oxygen atoms in total. The van der Waals surface area contributed by atoms with Gasteiger partial charge in [0, 0.05) is 53.9 Å². The summed E-state index contributed by atoms with van der Waals surface area (Å²) in [5, 5.41) is 5.35. The van der Waals surface area contributed by atoms with Crippen molar-refractivity contribution in [1.82, 2.24) is 10.3 Å². The Balaban J connectivity index is 1.59. The zero-order valence-electron chi connectivity index (χ0n) is 20.6. The molecule has 37 heavy (non-hydrogen) atoms. The quantitative estimate of drug-likeness (QED) is 0.258. The molecule has 1 N–H and O–H groups in total. The van der Waals surface area contributed by atoms with Crippen molar-refractivity contribution in [3.05, 3.63) is 95.8 Å². The fourth-order valence-electron chi connectivity index (χ4n) is 3.94. The third kappa shape index (κ3) is 6.22. The van der Waals surface area contributed by atoms with E-state index >= 15 is 0 Å². The van der Waals surface area contributed by atoms with E-state index in [1.165, 1.54) is 18.5 Å². The molecule has 0 radical (unpaired) electrons. The summed E-state index contributed by atoms with van der Waals surface area (Å²) in [6.45, 7) is 1.20. The smallest absolute Gasteiger partial charge is 0.264 e. The molecule has 0 saturated heterocycles. The summed E-state index contributed by atoms with van der Waals surface area (Å²) in [7, 11) is -0.866. The van der Waals surface area contributed by atoms with Crippen LogP contribution >= 0.6 is 11.6 Å². The first-order valence-electron chi connectivity index (χ1n) is 11.6.